The minimum absolute atomic E-state index is 0. The molecule has 0 radical (unpaired) electrons. The highest BCUT2D eigenvalue weighted by Crippen LogP contribution is 2.24. The molecule has 154 valence electrons. The van der Waals surface area contributed by atoms with Crippen LogP contribution in [0.2, 0.25) is 0 Å². The molecule has 0 bridgehead atoms. The smallest absolute Gasteiger partial charge is 0.254 e. The van der Waals surface area contributed by atoms with E-state index in [-0.39, 0.29) is 49.0 Å². The van der Waals surface area contributed by atoms with Gasteiger partial charge in [0, 0.05) is 37.8 Å². The average molecular weight is 418 g/mol. The molecule has 0 spiro atoms. The third-order valence-corrected chi connectivity index (χ3v) is 5.36. The van der Waals surface area contributed by atoms with Crippen molar-refractivity contribution in [2.75, 3.05) is 26.2 Å². The first-order chi connectivity index (χ1) is 12.0. The molecular formula is C20H33Cl2N3O2. The number of carbonyl (C=O) groups excluding carboxylic acids is 1. The Morgan fingerprint density at radius 1 is 1.07 bits per heavy atom. The highest BCUT2D eigenvalue weighted by Gasteiger charge is 2.32. The molecule has 2 fully saturated rings. The number of ether oxygens (including phenoxy) is 1. The zero-order valence-corrected chi connectivity index (χ0v) is 18.1. The van der Waals surface area contributed by atoms with E-state index < -0.39 is 0 Å². The number of hydrogen-bond donors (Lipinski definition) is 1. The van der Waals surface area contributed by atoms with Gasteiger partial charge in [-0.1, -0.05) is 12.1 Å². The van der Waals surface area contributed by atoms with Crippen molar-refractivity contribution in [2.45, 2.75) is 52.0 Å². The number of likely N-dealkylation sites (tertiary alicyclic amines) is 1. The van der Waals surface area contributed by atoms with Gasteiger partial charge in [-0.3, -0.25) is 9.69 Å². The zero-order chi connectivity index (χ0) is 18.0. The standard InChI is InChI=1S/C20H31N3O2.2ClH/c1-14-8-18(9-21)13-23(14)20(24)19-6-4-17(5-7-19)12-22-10-15(2)25-16(3)11-22;;/h4-7,14-16,18H,8-13,21H2,1-3H3;2*1H. The third kappa shape index (κ3) is 6.06. The first-order valence-electron chi connectivity index (χ1n) is 9.44. The highest BCUT2D eigenvalue weighted by molar-refractivity contribution is 5.94. The second-order valence-corrected chi connectivity index (χ2v) is 7.79. The fourth-order valence-electron chi connectivity index (χ4n) is 4.19. The van der Waals surface area contributed by atoms with E-state index in [0.29, 0.717) is 12.5 Å². The zero-order valence-electron chi connectivity index (χ0n) is 16.5. The van der Waals surface area contributed by atoms with Crippen LogP contribution >= 0.6 is 24.8 Å². The molecule has 27 heavy (non-hydrogen) atoms. The molecule has 0 aromatic heterocycles. The molecule has 4 unspecified atom stereocenters. The van der Waals surface area contributed by atoms with Crippen molar-refractivity contribution in [2.24, 2.45) is 11.7 Å². The number of rotatable bonds is 4. The van der Waals surface area contributed by atoms with Crippen LogP contribution in [0.25, 0.3) is 0 Å². The van der Waals surface area contributed by atoms with Crippen molar-refractivity contribution in [1.29, 1.82) is 0 Å². The molecule has 2 saturated heterocycles. The number of carbonyl (C=O) groups is 1. The van der Waals surface area contributed by atoms with Crippen LogP contribution in [0.4, 0.5) is 0 Å². The number of amides is 1. The van der Waals surface area contributed by atoms with Crippen LogP contribution in [0.1, 0.15) is 43.1 Å². The van der Waals surface area contributed by atoms with Gasteiger partial charge in [0.05, 0.1) is 12.2 Å². The van der Waals surface area contributed by atoms with E-state index in [4.69, 9.17) is 10.5 Å². The summed E-state index contributed by atoms with van der Waals surface area (Å²) in [5.41, 5.74) is 7.79. The van der Waals surface area contributed by atoms with Crippen molar-refractivity contribution < 1.29 is 9.53 Å². The van der Waals surface area contributed by atoms with Gasteiger partial charge < -0.3 is 15.4 Å². The Kier molecular flexibility index (Phi) is 9.52. The summed E-state index contributed by atoms with van der Waals surface area (Å²) in [6.07, 6.45) is 1.56. The number of hydrogen-bond acceptors (Lipinski definition) is 4. The summed E-state index contributed by atoms with van der Waals surface area (Å²) in [7, 11) is 0. The van der Waals surface area contributed by atoms with Gasteiger partial charge in [0.1, 0.15) is 0 Å². The largest absolute Gasteiger partial charge is 0.373 e. The van der Waals surface area contributed by atoms with Crippen molar-refractivity contribution >= 4 is 30.7 Å². The first-order valence-corrected chi connectivity index (χ1v) is 9.44. The number of nitrogens with zero attached hydrogens (tertiary/aromatic N) is 2. The molecule has 5 nitrogen and oxygen atoms in total. The lowest BCUT2D eigenvalue weighted by Crippen LogP contribution is -2.44. The van der Waals surface area contributed by atoms with Crippen LogP contribution in [-0.2, 0) is 11.3 Å². The van der Waals surface area contributed by atoms with Crippen LogP contribution in [0, 0.1) is 5.92 Å². The maximum Gasteiger partial charge on any atom is 0.254 e. The maximum atomic E-state index is 12.8. The fraction of sp³-hybridized carbons (Fsp3) is 0.650. The molecule has 0 saturated carbocycles. The third-order valence-electron chi connectivity index (χ3n) is 5.36. The molecular weight excluding hydrogens is 385 g/mol. The van der Waals surface area contributed by atoms with E-state index >= 15 is 0 Å². The van der Waals surface area contributed by atoms with Crippen LogP contribution in [0.15, 0.2) is 24.3 Å². The van der Waals surface area contributed by atoms with Gasteiger partial charge in [-0.25, -0.2) is 0 Å². The molecule has 2 aliphatic rings. The number of halogens is 2. The quantitative estimate of drug-likeness (QED) is 0.817. The number of benzene rings is 1. The SMILES string of the molecule is CC1CN(Cc2ccc(C(=O)N3CC(CN)CC3C)cc2)CC(C)O1.Cl.Cl. The molecule has 2 aliphatic heterocycles. The van der Waals surface area contributed by atoms with Crippen molar-refractivity contribution in [1.82, 2.24) is 9.80 Å². The van der Waals surface area contributed by atoms with E-state index in [1.54, 1.807) is 0 Å². The monoisotopic (exact) mass is 417 g/mol. The average Bonchev–Trinajstić information content (AvgIpc) is 2.95. The van der Waals surface area contributed by atoms with E-state index in [0.717, 1.165) is 38.2 Å². The molecule has 7 heteroatoms. The molecule has 0 aliphatic carbocycles. The Balaban J connectivity index is 0.00000182. The Labute approximate surface area is 175 Å². The minimum Gasteiger partial charge on any atom is -0.373 e. The molecule has 2 heterocycles. The van der Waals surface area contributed by atoms with Gasteiger partial charge in [-0.2, -0.15) is 0 Å². The van der Waals surface area contributed by atoms with Crippen LogP contribution in [0.5, 0.6) is 0 Å². The van der Waals surface area contributed by atoms with Gasteiger partial charge in [0.25, 0.3) is 5.91 Å². The van der Waals surface area contributed by atoms with Gasteiger partial charge in [0.15, 0.2) is 0 Å². The van der Waals surface area contributed by atoms with E-state index in [1.807, 2.05) is 17.0 Å². The van der Waals surface area contributed by atoms with Gasteiger partial charge in [-0.15, -0.1) is 24.8 Å². The normalized spacial score (nSPS) is 28.4. The Morgan fingerprint density at radius 2 is 1.67 bits per heavy atom. The second kappa shape index (κ2) is 10.6. The number of nitrogens with two attached hydrogens (primary N) is 1. The Morgan fingerprint density at radius 3 is 2.19 bits per heavy atom. The summed E-state index contributed by atoms with van der Waals surface area (Å²) in [6.45, 7) is 10.6. The summed E-state index contributed by atoms with van der Waals surface area (Å²) >= 11 is 0. The van der Waals surface area contributed by atoms with Crippen molar-refractivity contribution in [3.05, 3.63) is 35.4 Å². The van der Waals surface area contributed by atoms with Gasteiger partial charge in [0.2, 0.25) is 0 Å². The topological polar surface area (TPSA) is 58.8 Å². The highest BCUT2D eigenvalue weighted by atomic mass is 35.5. The van der Waals surface area contributed by atoms with E-state index in [9.17, 15) is 4.79 Å². The van der Waals surface area contributed by atoms with Crippen molar-refractivity contribution in [3.8, 4) is 0 Å². The summed E-state index contributed by atoms with van der Waals surface area (Å²) in [6, 6.07) is 8.37. The Bertz CT molecular complexity index is 589. The molecule has 1 amide bonds. The molecule has 1 aromatic carbocycles. The molecule has 3 rings (SSSR count). The fourth-order valence-corrected chi connectivity index (χ4v) is 4.19. The summed E-state index contributed by atoms with van der Waals surface area (Å²) < 4.78 is 5.79. The van der Waals surface area contributed by atoms with E-state index in [2.05, 4.69) is 37.8 Å². The first kappa shape index (κ1) is 24.2. The molecule has 4 atom stereocenters. The lowest BCUT2D eigenvalue weighted by atomic mass is 10.1. The molecule has 1 aromatic rings. The second-order valence-electron chi connectivity index (χ2n) is 7.79. The van der Waals surface area contributed by atoms with Crippen LogP contribution < -0.4 is 5.73 Å². The van der Waals surface area contributed by atoms with Crippen LogP contribution in [0.3, 0.4) is 0 Å². The minimum atomic E-state index is 0. The lowest BCUT2D eigenvalue weighted by molar-refractivity contribution is -0.0704. The van der Waals surface area contributed by atoms with Gasteiger partial charge in [-0.05, 0) is 57.4 Å². The molecule has 2 N–H and O–H groups in total. The summed E-state index contributed by atoms with van der Waals surface area (Å²) in [4.78, 5) is 17.2. The van der Waals surface area contributed by atoms with Crippen LogP contribution in [-0.4, -0.2) is 60.1 Å². The number of morpholine rings is 1. The summed E-state index contributed by atoms with van der Waals surface area (Å²) in [5, 5.41) is 0. The van der Waals surface area contributed by atoms with E-state index in [1.165, 1.54) is 5.56 Å². The maximum absolute atomic E-state index is 12.8. The van der Waals surface area contributed by atoms with Gasteiger partial charge >= 0.3 is 0 Å². The summed E-state index contributed by atoms with van der Waals surface area (Å²) in [5.74, 6) is 0.562. The predicted molar refractivity (Wildman–Crippen MR) is 114 cm³/mol. The Hall–Kier alpha value is -0.850. The predicted octanol–water partition coefficient (Wildman–Crippen LogP) is 2.95. The lowest BCUT2D eigenvalue weighted by Gasteiger charge is -2.35. The van der Waals surface area contributed by atoms with Crippen molar-refractivity contribution in [3.63, 3.8) is 0 Å².